The minimum Gasteiger partial charge on any atom is -0.352 e. The third-order valence-electron chi connectivity index (χ3n) is 2.86. The van der Waals surface area contributed by atoms with E-state index in [9.17, 15) is 4.79 Å². The standard InChI is InChI=1S/C14H24N4O/c1-10(2)6-4-5-7-16-14(19)12-8-11(3)17-13(9-12)18-15/h8-10H,4-7,15H2,1-3H3,(H,16,19)(H,17,18). The summed E-state index contributed by atoms with van der Waals surface area (Å²) in [5.74, 6) is 6.46. The smallest absolute Gasteiger partial charge is 0.251 e. The number of nitrogen functional groups attached to an aromatic ring is 1. The van der Waals surface area contributed by atoms with Crippen molar-refractivity contribution in [2.45, 2.75) is 40.0 Å². The van der Waals surface area contributed by atoms with Crippen LogP contribution in [0.4, 0.5) is 5.82 Å². The number of nitrogens with two attached hydrogens (primary N) is 1. The number of carbonyl (C=O) groups excluding carboxylic acids is 1. The van der Waals surface area contributed by atoms with Crippen molar-refractivity contribution in [3.05, 3.63) is 23.4 Å². The first-order valence-corrected chi connectivity index (χ1v) is 6.76. The van der Waals surface area contributed by atoms with Crippen LogP contribution < -0.4 is 16.6 Å². The number of hydrazine groups is 1. The Morgan fingerprint density at radius 2 is 2.11 bits per heavy atom. The fourth-order valence-electron chi connectivity index (χ4n) is 1.86. The van der Waals surface area contributed by atoms with Gasteiger partial charge >= 0.3 is 0 Å². The third-order valence-corrected chi connectivity index (χ3v) is 2.86. The second-order valence-electron chi connectivity index (χ2n) is 5.17. The predicted octanol–water partition coefficient (Wildman–Crippen LogP) is 2.23. The van der Waals surface area contributed by atoms with Crippen LogP contribution in [0.3, 0.4) is 0 Å². The molecule has 0 radical (unpaired) electrons. The number of anilines is 1. The normalized spacial score (nSPS) is 10.6. The van der Waals surface area contributed by atoms with E-state index in [4.69, 9.17) is 5.84 Å². The Bertz CT molecular complexity index is 418. The van der Waals surface area contributed by atoms with Crippen LogP contribution in [0.5, 0.6) is 0 Å². The van der Waals surface area contributed by atoms with Gasteiger partial charge in [-0.05, 0) is 31.4 Å². The first kappa shape index (κ1) is 15.4. The Hall–Kier alpha value is -1.62. The number of pyridine rings is 1. The van der Waals surface area contributed by atoms with Gasteiger partial charge in [-0.3, -0.25) is 4.79 Å². The number of rotatable bonds is 7. The summed E-state index contributed by atoms with van der Waals surface area (Å²) in [4.78, 5) is 16.1. The van der Waals surface area contributed by atoms with Gasteiger partial charge in [0, 0.05) is 17.8 Å². The van der Waals surface area contributed by atoms with E-state index in [1.165, 1.54) is 6.42 Å². The Morgan fingerprint density at radius 3 is 2.74 bits per heavy atom. The van der Waals surface area contributed by atoms with Gasteiger partial charge in [0.15, 0.2) is 0 Å². The highest BCUT2D eigenvalue weighted by Crippen LogP contribution is 2.09. The Morgan fingerprint density at radius 1 is 1.37 bits per heavy atom. The molecule has 5 nitrogen and oxygen atoms in total. The lowest BCUT2D eigenvalue weighted by Crippen LogP contribution is -2.25. The van der Waals surface area contributed by atoms with Crippen molar-refractivity contribution in [3.8, 4) is 0 Å². The average molecular weight is 264 g/mol. The fraction of sp³-hybridized carbons (Fsp3) is 0.571. The van der Waals surface area contributed by atoms with Gasteiger partial charge in [0.1, 0.15) is 5.82 Å². The topological polar surface area (TPSA) is 80.0 Å². The summed E-state index contributed by atoms with van der Waals surface area (Å²) in [6.07, 6.45) is 3.35. The van der Waals surface area contributed by atoms with Crippen molar-refractivity contribution < 1.29 is 4.79 Å². The Kier molecular flexibility index (Phi) is 6.29. The maximum absolute atomic E-state index is 12.0. The zero-order valence-corrected chi connectivity index (χ0v) is 12.0. The number of unbranched alkanes of at least 4 members (excludes halogenated alkanes) is 1. The molecule has 0 aliphatic heterocycles. The molecule has 0 spiro atoms. The highest BCUT2D eigenvalue weighted by molar-refractivity contribution is 5.94. The van der Waals surface area contributed by atoms with E-state index in [0.29, 0.717) is 17.9 Å². The molecule has 0 aliphatic rings. The monoisotopic (exact) mass is 264 g/mol. The molecule has 5 heteroatoms. The zero-order chi connectivity index (χ0) is 14.3. The highest BCUT2D eigenvalue weighted by Gasteiger charge is 2.07. The summed E-state index contributed by atoms with van der Waals surface area (Å²) >= 11 is 0. The van der Waals surface area contributed by atoms with Gasteiger partial charge in [-0.1, -0.05) is 26.7 Å². The van der Waals surface area contributed by atoms with E-state index in [2.05, 4.69) is 29.6 Å². The highest BCUT2D eigenvalue weighted by atomic mass is 16.1. The molecule has 1 amide bonds. The van der Waals surface area contributed by atoms with E-state index in [0.717, 1.165) is 24.5 Å². The van der Waals surface area contributed by atoms with Crippen molar-refractivity contribution in [3.63, 3.8) is 0 Å². The van der Waals surface area contributed by atoms with Crippen LogP contribution in [-0.2, 0) is 0 Å². The van der Waals surface area contributed by atoms with Gasteiger partial charge in [0.2, 0.25) is 0 Å². The van der Waals surface area contributed by atoms with Crippen LogP contribution in [0.1, 0.15) is 49.2 Å². The van der Waals surface area contributed by atoms with E-state index in [1.807, 2.05) is 6.92 Å². The molecule has 0 aromatic carbocycles. The van der Waals surface area contributed by atoms with Gasteiger partial charge in [-0.15, -0.1) is 0 Å². The zero-order valence-electron chi connectivity index (χ0n) is 12.0. The molecular weight excluding hydrogens is 240 g/mol. The quantitative estimate of drug-likeness (QED) is 0.401. The average Bonchev–Trinajstić information content (AvgIpc) is 2.36. The largest absolute Gasteiger partial charge is 0.352 e. The second kappa shape index (κ2) is 7.74. The minimum atomic E-state index is -0.0773. The van der Waals surface area contributed by atoms with Crippen LogP contribution in [0.25, 0.3) is 0 Å². The van der Waals surface area contributed by atoms with Crippen molar-refractivity contribution in [2.24, 2.45) is 11.8 Å². The van der Waals surface area contributed by atoms with E-state index >= 15 is 0 Å². The number of hydrogen-bond donors (Lipinski definition) is 3. The molecule has 0 atom stereocenters. The predicted molar refractivity (Wildman–Crippen MR) is 77.8 cm³/mol. The first-order chi connectivity index (χ1) is 9.02. The molecule has 0 saturated carbocycles. The van der Waals surface area contributed by atoms with Crippen LogP contribution in [-0.4, -0.2) is 17.4 Å². The summed E-state index contributed by atoms with van der Waals surface area (Å²) in [6, 6.07) is 3.40. The van der Waals surface area contributed by atoms with Gasteiger partial charge in [0.05, 0.1) is 0 Å². The lowest BCUT2D eigenvalue weighted by Gasteiger charge is -2.08. The number of hydrogen-bond acceptors (Lipinski definition) is 4. The minimum absolute atomic E-state index is 0.0773. The van der Waals surface area contributed by atoms with Crippen molar-refractivity contribution in [1.29, 1.82) is 0 Å². The third kappa shape index (κ3) is 5.70. The Balaban J connectivity index is 2.43. The van der Waals surface area contributed by atoms with Crippen LogP contribution >= 0.6 is 0 Å². The number of amides is 1. The molecule has 4 N–H and O–H groups in total. The molecule has 1 rings (SSSR count). The van der Waals surface area contributed by atoms with E-state index in [1.54, 1.807) is 12.1 Å². The van der Waals surface area contributed by atoms with E-state index < -0.39 is 0 Å². The molecule has 0 fully saturated rings. The lowest BCUT2D eigenvalue weighted by atomic mass is 10.1. The van der Waals surface area contributed by atoms with Crippen molar-refractivity contribution >= 4 is 11.7 Å². The van der Waals surface area contributed by atoms with E-state index in [-0.39, 0.29) is 5.91 Å². The number of nitrogens with one attached hydrogen (secondary N) is 2. The van der Waals surface area contributed by atoms with Crippen LogP contribution in [0.15, 0.2) is 12.1 Å². The number of nitrogens with zero attached hydrogens (tertiary/aromatic N) is 1. The summed E-state index contributed by atoms with van der Waals surface area (Å²) < 4.78 is 0. The molecule has 0 unspecified atom stereocenters. The molecule has 1 aromatic rings. The molecule has 0 bridgehead atoms. The molecule has 1 aromatic heterocycles. The van der Waals surface area contributed by atoms with Gasteiger partial charge < -0.3 is 10.7 Å². The van der Waals surface area contributed by atoms with Crippen LogP contribution in [0.2, 0.25) is 0 Å². The number of aromatic nitrogens is 1. The molecule has 0 saturated heterocycles. The summed E-state index contributed by atoms with van der Waals surface area (Å²) in [7, 11) is 0. The van der Waals surface area contributed by atoms with Crippen molar-refractivity contribution in [2.75, 3.05) is 12.0 Å². The summed E-state index contributed by atoms with van der Waals surface area (Å²) in [5.41, 5.74) is 3.81. The second-order valence-corrected chi connectivity index (χ2v) is 5.17. The SMILES string of the molecule is Cc1cc(C(=O)NCCCCC(C)C)cc(NN)n1. The number of aryl methyl sites for hydroxylation is 1. The van der Waals surface area contributed by atoms with Gasteiger partial charge in [0.25, 0.3) is 5.91 Å². The van der Waals surface area contributed by atoms with Gasteiger partial charge in [-0.2, -0.15) is 0 Å². The summed E-state index contributed by atoms with van der Waals surface area (Å²) in [5, 5.41) is 2.92. The molecule has 0 aliphatic carbocycles. The van der Waals surface area contributed by atoms with Gasteiger partial charge in [-0.25, -0.2) is 10.8 Å². The molecule has 19 heavy (non-hydrogen) atoms. The van der Waals surface area contributed by atoms with Crippen molar-refractivity contribution in [1.82, 2.24) is 10.3 Å². The Labute approximate surface area is 115 Å². The first-order valence-electron chi connectivity index (χ1n) is 6.76. The maximum atomic E-state index is 12.0. The molecule has 1 heterocycles. The fourth-order valence-corrected chi connectivity index (χ4v) is 1.86. The maximum Gasteiger partial charge on any atom is 0.251 e. The van der Waals surface area contributed by atoms with Crippen LogP contribution in [0, 0.1) is 12.8 Å². The lowest BCUT2D eigenvalue weighted by molar-refractivity contribution is 0.0952. The molecule has 106 valence electrons. The molecular formula is C14H24N4O. The summed E-state index contributed by atoms with van der Waals surface area (Å²) in [6.45, 7) is 6.96. The number of carbonyl (C=O) groups is 1.